The van der Waals surface area contributed by atoms with Crippen molar-refractivity contribution in [2.45, 2.75) is 32.9 Å². The molecule has 0 radical (unpaired) electrons. The number of carbonyl (C=O) groups excluding carboxylic acids is 1. The van der Waals surface area contributed by atoms with Gasteiger partial charge in [-0.1, -0.05) is 74.5 Å². The molecule has 4 rings (SSSR count). The molecule has 0 aliphatic carbocycles. The quantitative estimate of drug-likeness (QED) is 0.539. The van der Waals surface area contributed by atoms with E-state index in [2.05, 4.69) is 44.3 Å². The molecule has 3 aromatic carbocycles. The van der Waals surface area contributed by atoms with Gasteiger partial charge >= 0.3 is 0 Å². The van der Waals surface area contributed by atoms with Crippen LogP contribution in [0.2, 0.25) is 0 Å². The molecule has 4 heteroatoms. The number of amides is 1. The van der Waals surface area contributed by atoms with E-state index in [9.17, 15) is 4.79 Å². The molecule has 1 unspecified atom stereocenters. The molecule has 0 bridgehead atoms. The number of rotatable bonds is 7. The minimum atomic E-state index is -0.728. The summed E-state index contributed by atoms with van der Waals surface area (Å²) in [6.07, 6.45) is 0.779. The molecule has 0 fully saturated rings. The van der Waals surface area contributed by atoms with Gasteiger partial charge in [0.05, 0.1) is 12.2 Å². The van der Waals surface area contributed by atoms with Gasteiger partial charge in [0.1, 0.15) is 11.4 Å². The maximum Gasteiger partial charge on any atom is 0.258 e. The summed E-state index contributed by atoms with van der Waals surface area (Å²) in [6, 6.07) is 26.1. The van der Waals surface area contributed by atoms with Crippen molar-refractivity contribution in [1.82, 2.24) is 4.90 Å². The minimum absolute atomic E-state index is 0.0337. The SMILES string of the molecule is CC(C)COc1ccccc1C1(C)Nc2ccccc2C(=O)N1CCc1ccccc1. The Morgan fingerprint density at radius 1 is 0.935 bits per heavy atom. The van der Waals surface area contributed by atoms with Crippen LogP contribution in [-0.4, -0.2) is 24.0 Å². The van der Waals surface area contributed by atoms with E-state index >= 15 is 0 Å². The standard InChI is InChI=1S/C27H30N2O2/c1-20(2)19-31-25-16-10-8-14-23(25)27(3)28-24-15-9-7-13-22(24)26(30)29(27)18-17-21-11-5-4-6-12-21/h4-16,20,28H,17-19H2,1-3H3. The lowest BCUT2D eigenvalue weighted by Gasteiger charge is -2.47. The number of hydrogen-bond donors (Lipinski definition) is 1. The minimum Gasteiger partial charge on any atom is -0.493 e. The van der Waals surface area contributed by atoms with E-state index in [1.807, 2.05) is 65.6 Å². The van der Waals surface area contributed by atoms with Gasteiger partial charge in [-0.25, -0.2) is 0 Å². The maximum absolute atomic E-state index is 13.6. The van der Waals surface area contributed by atoms with E-state index in [-0.39, 0.29) is 5.91 Å². The molecule has 1 atom stereocenters. The molecular weight excluding hydrogens is 384 g/mol. The van der Waals surface area contributed by atoms with E-state index < -0.39 is 5.66 Å². The first-order valence-corrected chi connectivity index (χ1v) is 10.9. The van der Waals surface area contributed by atoms with Gasteiger partial charge < -0.3 is 15.0 Å². The van der Waals surface area contributed by atoms with Crippen LogP contribution in [0.5, 0.6) is 5.75 Å². The fourth-order valence-electron chi connectivity index (χ4n) is 4.13. The Balaban J connectivity index is 1.74. The fourth-order valence-corrected chi connectivity index (χ4v) is 4.13. The lowest BCUT2D eigenvalue weighted by Crippen LogP contribution is -2.56. The molecule has 1 heterocycles. The second-order valence-electron chi connectivity index (χ2n) is 8.64. The first kappa shape index (κ1) is 21.0. The average molecular weight is 415 g/mol. The highest BCUT2D eigenvalue weighted by Gasteiger charge is 2.43. The average Bonchev–Trinajstić information content (AvgIpc) is 2.78. The van der Waals surface area contributed by atoms with Gasteiger partial charge in [0.2, 0.25) is 0 Å². The summed E-state index contributed by atoms with van der Waals surface area (Å²) in [5.41, 5.74) is 3.00. The third-order valence-corrected chi connectivity index (χ3v) is 5.77. The summed E-state index contributed by atoms with van der Waals surface area (Å²) in [4.78, 5) is 15.6. The van der Waals surface area contributed by atoms with E-state index in [1.165, 1.54) is 5.56 Å². The Morgan fingerprint density at radius 2 is 1.61 bits per heavy atom. The predicted molar refractivity (Wildman–Crippen MR) is 125 cm³/mol. The molecule has 4 nitrogen and oxygen atoms in total. The molecule has 1 amide bonds. The molecule has 31 heavy (non-hydrogen) atoms. The zero-order chi connectivity index (χ0) is 21.8. The molecule has 0 spiro atoms. The van der Waals surface area contributed by atoms with Crippen LogP contribution >= 0.6 is 0 Å². The number of benzene rings is 3. The number of ether oxygens (including phenoxy) is 1. The molecule has 1 aliphatic heterocycles. The van der Waals surface area contributed by atoms with E-state index in [0.29, 0.717) is 24.6 Å². The van der Waals surface area contributed by atoms with Crippen LogP contribution in [0.1, 0.15) is 42.3 Å². The first-order valence-electron chi connectivity index (χ1n) is 10.9. The summed E-state index contributed by atoms with van der Waals surface area (Å²) in [7, 11) is 0. The lowest BCUT2D eigenvalue weighted by molar-refractivity contribution is 0.0532. The second kappa shape index (κ2) is 8.84. The highest BCUT2D eigenvalue weighted by Crippen LogP contribution is 2.41. The number of anilines is 1. The lowest BCUT2D eigenvalue weighted by atomic mass is 9.92. The number of carbonyl (C=O) groups is 1. The van der Waals surface area contributed by atoms with Crippen LogP contribution in [0.3, 0.4) is 0 Å². The molecule has 0 saturated carbocycles. The number of fused-ring (bicyclic) bond motifs is 1. The third kappa shape index (κ3) is 4.29. The van der Waals surface area contributed by atoms with Crippen molar-refractivity contribution < 1.29 is 9.53 Å². The van der Waals surface area contributed by atoms with Crippen LogP contribution in [0.4, 0.5) is 5.69 Å². The van der Waals surface area contributed by atoms with Gasteiger partial charge in [0, 0.05) is 17.8 Å². The normalized spacial score (nSPS) is 17.9. The zero-order valence-corrected chi connectivity index (χ0v) is 18.5. The van der Waals surface area contributed by atoms with E-state index in [0.717, 1.165) is 23.4 Å². The molecule has 1 N–H and O–H groups in total. The third-order valence-electron chi connectivity index (χ3n) is 5.77. The number of hydrogen-bond acceptors (Lipinski definition) is 3. The van der Waals surface area contributed by atoms with Gasteiger partial charge in [0.25, 0.3) is 5.91 Å². The van der Waals surface area contributed by atoms with Crippen LogP contribution in [0.15, 0.2) is 78.9 Å². The first-order chi connectivity index (χ1) is 15.0. The summed E-state index contributed by atoms with van der Waals surface area (Å²) in [5, 5.41) is 3.66. The van der Waals surface area contributed by atoms with Gasteiger partial charge in [-0.3, -0.25) is 4.79 Å². The maximum atomic E-state index is 13.6. The smallest absolute Gasteiger partial charge is 0.258 e. The summed E-state index contributed by atoms with van der Waals surface area (Å²) in [6.45, 7) is 7.56. The van der Waals surface area contributed by atoms with Crippen LogP contribution in [0.25, 0.3) is 0 Å². The van der Waals surface area contributed by atoms with Crippen molar-refractivity contribution in [3.05, 3.63) is 95.6 Å². The zero-order valence-electron chi connectivity index (χ0n) is 18.5. The molecule has 0 aromatic heterocycles. The van der Waals surface area contributed by atoms with Gasteiger partial charge in [-0.05, 0) is 43.0 Å². The van der Waals surface area contributed by atoms with Crippen molar-refractivity contribution in [1.29, 1.82) is 0 Å². The number of nitrogens with one attached hydrogen (secondary N) is 1. The van der Waals surface area contributed by atoms with Crippen molar-refractivity contribution in [3.63, 3.8) is 0 Å². The Labute approximate surface area is 184 Å². The van der Waals surface area contributed by atoms with Crippen molar-refractivity contribution in [3.8, 4) is 5.75 Å². The largest absolute Gasteiger partial charge is 0.493 e. The van der Waals surface area contributed by atoms with Crippen LogP contribution in [-0.2, 0) is 12.1 Å². The molecule has 3 aromatic rings. The van der Waals surface area contributed by atoms with Gasteiger partial charge in [0.15, 0.2) is 0 Å². The molecule has 160 valence electrons. The Hall–Kier alpha value is -3.27. The number of para-hydroxylation sites is 2. The fraction of sp³-hybridized carbons (Fsp3) is 0.296. The van der Waals surface area contributed by atoms with Crippen molar-refractivity contribution >= 4 is 11.6 Å². The summed E-state index contributed by atoms with van der Waals surface area (Å²) < 4.78 is 6.17. The highest BCUT2D eigenvalue weighted by atomic mass is 16.5. The topological polar surface area (TPSA) is 41.6 Å². The summed E-state index contributed by atoms with van der Waals surface area (Å²) >= 11 is 0. The Bertz CT molecular complexity index is 1050. The second-order valence-corrected chi connectivity index (χ2v) is 8.64. The van der Waals surface area contributed by atoms with E-state index in [4.69, 9.17) is 4.74 Å². The molecular formula is C27H30N2O2. The monoisotopic (exact) mass is 414 g/mol. The van der Waals surface area contributed by atoms with Gasteiger partial charge in [-0.15, -0.1) is 0 Å². The molecule has 1 aliphatic rings. The Kier molecular flexibility index (Phi) is 5.99. The highest BCUT2D eigenvalue weighted by molar-refractivity contribution is 6.02. The van der Waals surface area contributed by atoms with Crippen LogP contribution in [0, 0.1) is 5.92 Å². The predicted octanol–water partition coefficient (Wildman–Crippen LogP) is 5.70. The summed E-state index contributed by atoms with van der Waals surface area (Å²) in [5.74, 6) is 1.26. The Morgan fingerprint density at radius 3 is 2.39 bits per heavy atom. The van der Waals surface area contributed by atoms with Crippen LogP contribution < -0.4 is 10.1 Å². The van der Waals surface area contributed by atoms with Crippen molar-refractivity contribution in [2.24, 2.45) is 5.92 Å². The number of nitrogens with zero attached hydrogens (tertiary/aromatic N) is 1. The van der Waals surface area contributed by atoms with E-state index in [1.54, 1.807) is 0 Å². The van der Waals surface area contributed by atoms with Crippen molar-refractivity contribution in [2.75, 3.05) is 18.5 Å². The molecule has 0 saturated heterocycles. The van der Waals surface area contributed by atoms with Gasteiger partial charge in [-0.2, -0.15) is 0 Å².